The molecule has 0 amide bonds. The van der Waals surface area contributed by atoms with E-state index in [0.717, 1.165) is 48.6 Å². The molecule has 2 heterocycles. The zero-order chi connectivity index (χ0) is 16.1. The van der Waals surface area contributed by atoms with Crippen LogP contribution in [0.25, 0.3) is 0 Å². The van der Waals surface area contributed by atoms with Crippen LogP contribution in [0.2, 0.25) is 0 Å². The van der Waals surface area contributed by atoms with Crippen LogP contribution >= 0.6 is 11.8 Å². The lowest BCUT2D eigenvalue weighted by Gasteiger charge is -2.16. The Morgan fingerprint density at radius 1 is 1.30 bits per heavy atom. The molecule has 0 bridgehead atoms. The molecule has 0 N–H and O–H groups in total. The minimum Gasteiger partial charge on any atom is -0.338 e. The van der Waals surface area contributed by atoms with Gasteiger partial charge in [-0.2, -0.15) is 10.2 Å². The van der Waals surface area contributed by atoms with Gasteiger partial charge in [-0.25, -0.2) is 4.98 Å². The second-order valence-electron chi connectivity index (χ2n) is 5.76. The van der Waals surface area contributed by atoms with Crippen LogP contribution in [0.1, 0.15) is 61.1 Å². The fourth-order valence-electron chi connectivity index (χ4n) is 2.72. The van der Waals surface area contributed by atoms with Crippen molar-refractivity contribution >= 4 is 11.8 Å². The monoisotopic (exact) mass is 328 g/mol. The van der Waals surface area contributed by atoms with E-state index in [9.17, 15) is 5.26 Å². The van der Waals surface area contributed by atoms with Gasteiger partial charge in [0.2, 0.25) is 5.89 Å². The molecule has 0 atom stereocenters. The standard InChI is InChI=1S/C17H20N4OS/c1-2-3-8-15-20-16(22-21-15)11-23-17-13(10-18)9-12-6-4-5-7-14(12)19-17/h9H,2-8,11H2,1H3. The van der Waals surface area contributed by atoms with Crippen molar-refractivity contribution < 1.29 is 4.52 Å². The van der Waals surface area contributed by atoms with E-state index in [2.05, 4.69) is 23.1 Å². The normalized spacial score (nSPS) is 13.6. The molecular weight excluding hydrogens is 308 g/mol. The number of aryl methyl sites for hydroxylation is 3. The highest BCUT2D eigenvalue weighted by atomic mass is 32.2. The van der Waals surface area contributed by atoms with Crippen molar-refractivity contribution in [2.75, 3.05) is 0 Å². The molecule has 0 saturated carbocycles. The first-order valence-electron chi connectivity index (χ1n) is 8.17. The quantitative estimate of drug-likeness (QED) is 0.750. The van der Waals surface area contributed by atoms with Crippen LogP contribution in [0, 0.1) is 11.3 Å². The summed E-state index contributed by atoms with van der Waals surface area (Å²) < 4.78 is 5.28. The summed E-state index contributed by atoms with van der Waals surface area (Å²) in [4.78, 5) is 9.10. The summed E-state index contributed by atoms with van der Waals surface area (Å²) in [6, 6.07) is 4.27. The third-order valence-electron chi connectivity index (χ3n) is 3.98. The fraction of sp³-hybridized carbons (Fsp3) is 0.529. The Balaban J connectivity index is 1.70. The van der Waals surface area contributed by atoms with Gasteiger partial charge in [0.1, 0.15) is 11.1 Å². The zero-order valence-electron chi connectivity index (χ0n) is 13.3. The Hall–Kier alpha value is -1.87. The lowest BCUT2D eigenvalue weighted by molar-refractivity contribution is 0.384. The van der Waals surface area contributed by atoms with E-state index in [4.69, 9.17) is 9.51 Å². The van der Waals surface area contributed by atoms with Crippen molar-refractivity contribution in [1.29, 1.82) is 5.26 Å². The number of hydrogen-bond donors (Lipinski definition) is 0. The summed E-state index contributed by atoms with van der Waals surface area (Å²) in [5, 5.41) is 14.1. The summed E-state index contributed by atoms with van der Waals surface area (Å²) in [7, 11) is 0. The average Bonchev–Trinajstić information content (AvgIpc) is 3.05. The zero-order valence-corrected chi connectivity index (χ0v) is 14.2. The van der Waals surface area contributed by atoms with Crippen LogP contribution in [0.15, 0.2) is 15.6 Å². The van der Waals surface area contributed by atoms with E-state index in [1.807, 2.05) is 6.07 Å². The first kappa shape index (κ1) is 16.0. The summed E-state index contributed by atoms with van der Waals surface area (Å²) in [6.45, 7) is 2.14. The van der Waals surface area contributed by atoms with Crippen LogP contribution in [-0.4, -0.2) is 15.1 Å². The van der Waals surface area contributed by atoms with Gasteiger partial charge in [-0.05, 0) is 43.7 Å². The molecule has 5 nitrogen and oxygen atoms in total. The average molecular weight is 328 g/mol. The number of fused-ring (bicyclic) bond motifs is 1. The molecule has 1 aliphatic carbocycles. The number of unbranched alkanes of at least 4 members (excludes halogenated alkanes) is 1. The molecule has 0 fully saturated rings. The highest BCUT2D eigenvalue weighted by Crippen LogP contribution is 2.28. The van der Waals surface area contributed by atoms with Crippen LogP contribution in [0.4, 0.5) is 0 Å². The largest absolute Gasteiger partial charge is 0.338 e. The van der Waals surface area contributed by atoms with Gasteiger partial charge in [0.05, 0.1) is 11.3 Å². The maximum absolute atomic E-state index is 9.36. The second kappa shape index (κ2) is 7.60. The van der Waals surface area contributed by atoms with Gasteiger partial charge in [-0.3, -0.25) is 0 Å². The number of pyridine rings is 1. The third-order valence-corrected chi connectivity index (χ3v) is 4.96. The smallest absolute Gasteiger partial charge is 0.237 e. The van der Waals surface area contributed by atoms with Crippen molar-refractivity contribution in [3.05, 3.63) is 34.6 Å². The highest BCUT2D eigenvalue weighted by Gasteiger charge is 2.16. The van der Waals surface area contributed by atoms with Crippen molar-refractivity contribution in [3.8, 4) is 6.07 Å². The molecule has 0 unspecified atom stereocenters. The van der Waals surface area contributed by atoms with E-state index in [1.54, 1.807) is 0 Å². The number of hydrogen-bond acceptors (Lipinski definition) is 6. The number of nitrogens with zero attached hydrogens (tertiary/aromatic N) is 4. The van der Waals surface area contributed by atoms with Crippen LogP contribution in [0.3, 0.4) is 0 Å². The van der Waals surface area contributed by atoms with Crippen LogP contribution in [-0.2, 0) is 25.0 Å². The molecule has 0 aliphatic heterocycles. The third kappa shape index (κ3) is 3.91. The topological polar surface area (TPSA) is 75.6 Å². The highest BCUT2D eigenvalue weighted by molar-refractivity contribution is 7.98. The SMILES string of the molecule is CCCCc1noc(CSc2nc3c(cc2C#N)CCCC3)n1. The fourth-order valence-corrected chi connectivity index (χ4v) is 3.53. The molecule has 0 aromatic carbocycles. The van der Waals surface area contributed by atoms with Crippen molar-refractivity contribution in [2.24, 2.45) is 0 Å². The summed E-state index contributed by atoms with van der Waals surface area (Å²) in [5.74, 6) is 1.92. The van der Waals surface area contributed by atoms with E-state index in [-0.39, 0.29) is 0 Å². The second-order valence-corrected chi connectivity index (χ2v) is 6.73. The van der Waals surface area contributed by atoms with Crippen molar-refractivity contribution in [1.82, 2.24) is 15.1 Å². The van der Waals surface area contributed by atoms with Gasteiger partial charge >= 0.3 is 0 Å². The van der Waals surface area contributed by atoms with Crippen molar-refractivity contribution in [2.45, 2.75) is 62.6 Å². The van der Waals surface area contributed by atoms with Gasteiger partial charge in [0.25, 0.3) is 0 Å². The van der Waals surface area contributed by atoms with Gasteiger partial charge in [-0.1, -0.05) is 30.3 Å². The Kier molecular flexibility index (Phi) is 5.29. The van der Waals surface area contributed by atoms with Gasteiger partial charge < -0.3 is 4.52 Å². The molecule has 23 heavy (non-hydrogen) atoms. The Morgan fingerprint density at radius 2 is 2.17 bits per heavy atom. The molecular formula is C17H20N4OS. The first-order valence-corrected chi connectivity index (χ1v) is 9.16. The van der Waals surface area contributed by atoms with E-state index >= 15 is 0 Å². The van der Waals surface area contributed by atoms with Gasteiger partial charge in [0.15, 0.2) is 5.82 Å². The maximum atomic E-state index is 9.36. The Bertz CT molecular complexity index is 720. The summed E-state index contributed by atoms with van der Waals surface area (Å²) in [6.07, 6.45) is 7.45. The number of thioether (sulfide) groups is 1. The number of aromatic nitrogens is 3. The Morgan fingerprint density at radius 3 is 3.00 bits per heavy atom. The molecule has 0 spiro atoms. The van der Waals surface area contributed by atoms with Gasteiger partial charge in [-0.15, -0.1) is 0 Å². The molecule has 6 heteroatoms. The lowest BCUT2D eigenvalue weighted by atomic mass is 9.95. The minimum absolute atomic E-state index is 0.555. The van der Waals surface area contributed by atoms with Gasteiger partial charge in [0, 0.05) is 12.1 Å². The van der Waals surface area contributed by atoms with Crippen LogP contribution in [0.5, 0.6) is 0 Å². The number of rotatable bonds is 6. The predicted octanol–water partition coefficient (Wildman–Crippen LogP) is 3.85. The summed E-state index contributed by atoms with van der Waals surface area (Å²) >= 11 is 1.50. The van der Waals surface area contributed by atoms with Crippen molar-refractivity contribution in [3.63, 3.8) is 0 Å². The Labute approximate surface area is 140 Å². The molecule has 3 rings (SSSR count). The minimum atomic E-state index is 0.555. The first-order chi connectivity index (χ1) is 11.3. The summed E-state index contributed by atoms with van der Waals surface area (Å²) in [5.41, 5.74) is 3.03. The van der Waals surface area contributed by atoms with E-state index in [0.29, 0.717) is 17.2 Å². The number of nitriles is 1. The predicted molar refractivity (Wildman–Crippen MR) is 88.1 cm³/mol. The molecule has 1 aliphatic rings. The molecule has 0 saturated heterocycles. The molecule has 120 valence electrons. The van der Waals surface area contributed by atoms with E-state index in [1.165, 1.54) is 30.2 Å². The van der Waals surface area contributed by atoms with E-state index < -0.39 is 0 Å². The van der Waals surface area contributed by atoms with Crippen LogP contribution < -0.4 is 0 Å². The molecule has 2 aromatic heterocycles. The lowest BCUT2D eigenvalue weighted by Crippen LogP contribution is -2.07. The maximum Gasteiger partial charge on any atom is 0.237 e. The molecule has 2 aromatic rings. The molecule has 0 radical (unpaired) electrons.